The topological polar surface area (TPSA) is 47.6 Å². The third kappa shape index (κ3) is 3.95. The molecule has 1 aliphatic heterocycles. The number of ether oxygens (including phenoxy) is 2. The van der Waals surface area contributed by atoms with E-state index in [2.05, 4.69) is 18.8 Å². The molecule has 2 aromatic rings. The lowest BCUT2D eigenvalue weighted by molar-refractivity contribution is -0.0844. The Morgan fingerprint density at radius 1 is 1.10 bits per heavy atom. The van der Waals surface area contributed by atoms with Gasteiger partial charge in [-0.2, -0.15) is 0 Å². The van der Waals surface area contributed by atoms with Crippen LogP contribution < -0.4 is 10.1 Å². The van der Waals surface area contributed by atoms with E-state index in [-0.39, 0.29) is 18.1 Å². The summed E-state index contributed by atoms with van der Waals surface area (Å²) in [5, 5.41) is 3.21. The van der Waals surface area contributed by atoms with Gasteiger partial charge in [-0.25, -0.2) is 0 Å². The second kappa shape index (κ2) is 7.68. The zero-order valence-corrected chi connectivity index (χ0v) is 18.5. The molecule has 3 rings (SSSR count). The number of aryl methyl sites for hydroxylation is 2. The van der Waals surface area contributed by atoms with Crippen LogP contribution in [0.15, 0.2) is 36.9 Å². The minimum Gasteiger partial charge on any atom is -0.485 e. The Bertz CT molecular complexity index is 951. The van der Waals surface area contributed by atoms with Crippen molar-refractivity contribution in [3.63, 3.8) is 0 Å². The van der Waals surface area contributed by atoms with Crippen LogP contribution in [0, 0.1) is 20.8 Å². The first-order valence-electron chi connectivity index (χ1n) is 9.95. The molecular weight excluding hydrogens is 362 g/mol. The van der Waals surface area contributed by atoms with Crippen LogP contribution in [0.1, 0.15) is 65.0 Å². The number of fused-ring (bicyclic) bond motifs is 1. The van der Waals surface area contributed by atoms with E-state index in [9.17, 15) is 4.79 Å². The second-order valence-corrected chi connectivity index (χ2v) is 8.58. The van der Waals surface area contributed by atoms with Gasteiger partial charge in [0.05, 0.1) is 6.04 Å². The smallest absolute Gasteiger partial charge is 0.251 e. The minimum absolute atomic E-state index is 0.118. The van der Waals surface area contributed by atoms with Gasteiger partial charge >= 0.3 is 0 Å². The molecule has 0 aromatic heterocycles. The highest BCUT2D eigenvalue weighted by molar-refractivity contribution is 5.95. The van der Waals surface area contributed by atoms with Gasteiger partial charge in [-0.1, -0.05) is 18.2 Å². The number of hydrogen-bond donors (Lipinski definition) is 1. The molecule has 0 saturated carbocycles. The lowest BCUT2D eigenvalue weighted by Crippen LogP contribution is -2.54. The summed E-state index contributed by atoms with van der Waals surface area (Å²) in [5.74, 6) is 0.641. The molecule has 2 aromatic carbocycles. The van der Waals surface area contributed by atoms with E-state index in [1.165, 1.54) is 5.56 Å². The monoisotopic (exact) mass is 393 g/mol. The quantitative estimate of drug-likeness (QED) is 0.766. The van der Waals surface area contributed by atoms with Gasteiger partial charge in [-0.15, -0.1) is 0 Å². The Morgan fingerprint density at radius 3 is 2.28 bits per heavy atom. The molecule has 0 aliphatic carbocycles. The van der Waals surface area contributed by atoms with Crippen LogP contribution in [-0.2, 0) is 4.74 Å². The van der Waals surface area contributed by atoms with Crippen molar-refractivity contribution in [2.75, 3.05) is 7.11 Å². The zero-order chi connectivity index (χ0) is 21.5. The van der Waals surface area contributed by atoms with E-state index >= 15 is 0 Å². The maximum absolute atomic E-state index is 13.2. The Balaban J connectivity index is 2.05. The normalized spacial score (nSPS) is 19.8. The maximum atomic E-state index is 13.2. The van der Waals surface area contributed by atoms with E-state index < -0.39 is 5.60 Å². The summed E-state index contributed by atoms with van der Waals surface area (Å²) >= 11 is 0. The van der Waals surface area contributed by atoms with Crippen molar-refractivity contribution in [3.05, 3.63) is 70.3 Å². The molecule has 0 spiro atoms. The van der Waals surface area contributed by atoms with Crippen LogP contribution in [0.5, 0.6) is 5.75 Å². The molecular formula is C25H31NO3. The van der Waals surface area contributed by atoms with Crippen molar-refractivity contribution >= 4 is 11.5 Å². The molecule has 0 bridgehead atoms. The van der Waals surface area contributed by atoms with Gasteiger partial charge in [0.25, 0.3) is 5.91 Å². The Labute approximate surface area is 173 Å². The van der Waals surface area contributed by atoms with E-state index in [1.54, 1.807) is 7.11 Å². The third-order valence-electron chi connectivity index (χ3n) is 5.93. The average Bonchev–Trinajstić information content (AvgIpc) is 2.64. The molecule has 1 aliphatic rings. The second-order valence-electron chi connectivity index (χ2n) is 8.58. The zero-order valence-electron chi connectivity index (χ0n) is 18.5. The van der Waals surface area contributed by atoms with Crippen LogP contribution in [0.3, 0.4) is 0 Å². The van der Waals surface area contributed by atoms with Crippen LogP contribution in [-0.4, -0.2) is 24.7 Å². The standard InChI is InChI=1S/C25H31NO3/c1-14(2)18-9-10-21-20(13-18)22(23(28-8)25(6,7)29-21)26-24(27)19-11-15(3)17(5)16(4)12-19/h9-13,22-23H,1H2,2-8H3,(H,26,27)/t22-,23-/m0/s1. The fourth-order valence-electron chi connectivity index (χ4n) is 4.02. The number of rotatable bonds is 4. The molecule has 4 nitrogen and oxygen atoms in total. The molecule has 29 heavy (non-hydrogen) atoms. The van der Waals surface area contributed by atoms with Crippen molar-refractivity contribution < 1.29 is 14.3 Å². The predicted molar refractivity (Wildman–Crippen MR) is 118 cm³/mol. The summed E-state index contributed by atoms with van der Waals surface area (Å²) in [6, 6.07) is 9.52. The van der Waals surface area contributed by atoms with E-state index in [4.69, 9.17) is 9.47 Å². The lowest BCUT2D eigenvalue weighted by atomic mass is 9.85. The Kier molecular flexibility index (Phi) is 5.59. The molecule has 0 saturated heterocycles. The highest BCUT2D eigenvalue weighted by Gasteiger charge is 2.45. The number of benzene rings is 2. The van der Waals surface area contributed by atoms with Gasteiger partial charge in [0.1, 0.15) is 17.5 Å². The number of carbonyl (C=O) groups is 1. The van der Waals surface area contributed by atoms with Crippen LogP contribution >= 0.6 is 0 Å². The SMILES string of the molecule is C=C(C)c1ccc2c(c1)[C@H](NC(=O)c1cc(C)c(C)c(C)c1)[C@H](OC)C(C)(C)O2. The van der Waals surface area contributed by atoms with Crippen LogP contribution in [0.4, 0.5) is 0 Å². The third-order valence-corrected chi connectivity index (χ3v) is 5.93. The van der Waals surface area contributed by atoms with Crippen molar-refractivity contribution in [1.29, 1.82) is 0 Å². The van der Waals surface area contributed by atoms with Gasteiger partial charge in [-0.05, 0) is 88.1 Å². The summed E-state index contributed by atoms with van der Waals surface area (Å²) in [6.45, 7) is 16.1. The average molecular weight is 394 g/mol. The van der Waals surface area contributed by atoms with Gasteiger partial charge in [0, 0.05) is 18.2 Å². The minimum atomic E-state index is -0.594. The summed E-state index contributed by atoms with van der Waals surface area (Å²) < 4.78 is 12.0. The first-order chi connectivity index (χ1) is 13.5. The number of methoxy groups -OCH3 is 1. The summed E-state index contributed by atoms with van der Waals surface area (Å²) in [6.07, 6.45) is -0.341. The molecule has 4 heteroatoms. The molecule has 0 unspecified atom stereocenters. The summed E-state index contributed by atoms with van der Waals surface area (Å²) in [5.41, 5.74) is 6.37. The summed E-state index contributed by atoms with van der Waals surface area (Å²) in [7, 11) is 1.66. The van der Waals surface area contributed by atoms with Gasteiger partial charge in [0.15, 0.2) is 0 Å². The molecule has 0 radical (unpaired) electrons. The number of amides is 1. The van der Waals surface area contributed by atoms with Crippen molar-refractivity contribution in [2.24, 2.45) is 0 Å². The van der Waals surface area contributed by atoms with Crippen molar-refractivity contribution in [3.8, 4) is 5.75 Å². The van der Waals surface area contributed by atoms with Gasteiger partial charge < -0.3 is 14.8 Å². The molecule has 0 fully saturated rings. The maximum Gasteiger partial charge on any atom is 0.251 e. The van der Waals surface area contributed by atoms with E-state index in [1.807, 2.05) is 65.0 Å². The number of nitrogens with one attached hydrogen (secondary N) is 1. The molecule has 154 valence electrons. The molecule has 1 heterocycles. The summed E-state index contributed by atoms with van der Waals surface area (Å²) in [4.78, 5) is 13.2. The highest BCUT2D eigenvalue weighted by Crippen LogP contribution is 2.42. The first-order valence-corrected chi connectivity index (χ1v) is 9.95. The van der Waals surface area contributed by atoms with Crippen molar-refractivity contribution in [2.45, 2.75) is 59.3 Å². The van der Waals surface area contributed by atoms with Gasteiger partial charge in [0.2, 0.25) is 0 Å². The lowest BCUT2D eigenvalue weighted by Gasteiger charge is -2.44. The van der Waals surface area contributed by atoms with Gasteiger partial charge in [-0.3, -0.25) is 4.79 Å². The fraction of sp³-hybridized carbons (Fsp3) is 0.400. The molecule has 1 N–H and O–H groups in total. The number of carbonyl (C=O) groups excluding carboxylic acids is 1. The predicted octanol–water partition coefficient (Wildman–Crippen LogP) is 5.30. The number of hydrogen-bond acceptors (Lipinski definition) is 3. The van der Waals surface area contributed by atoms with Crippen LogP contribution in [0.2, 0.25) is 0 Å². The molecule has 1 amide bonds. The van der Waals surface area contributed by atoms with Crippen LogP contribution in [0.25, 0.3) is 5.57 Å². The Hall–Kier alpha value is -2.59. The largest absolute Gasteiger partial charge is 0.485 e. The Morgan fingerprint density at radius 2 is 1.72 bits per heavy atom. The molecule has 2 atom stereocenters. The highest BCUT2D eigenvalue weighted by atomic mass is 16.6. The first kappa shape index (κ1) is 21.1. The van der Waals surface area contributed by atoms with E-state index in [0.717, 1.165) is 33.6 Å². The van der Waals surface area contributed by atoms with E-state index in [0.29, 0.717) is 5.56 Å². The number of allylic oxidation sites excluding steroid dienone is 1. The fourth-order valence-corrected chi connectivity index (χ4v) is 4.02. The van der Waals surface area contributed by atoms with Crippen molar-refractivity contribution in [1.82, 2.24) is 5.32 Å².